The third kappa shape index (κ3) is 6.58. The van der Waals surface area contributed by atoms with Gasteiger partial charge in [-0.3, -0.25) is 4.99 Å². The van der Waals surface area contributed by atoms with Gasteiger partial charge in [-0.1, -0.05) is 6.42 Å². The molecule has 4 N–H and O–H groups in total. The van der Waals surface area contributed by atoms with Crippen LogP contribution in [0.5, 0.6) is 0 Å². The Morgan fingerprint density at radius 2 is 1.95 bits per heavy atom. The van der Waals surface area contributed by atoms with Crippen molar-refractivity contribution < 1.29 is 5.11 Å². The Kier molecular flexibility index (Phi) is 8.79. The van der Waals surface area contributed by atoms with E-state index >= 15 is 0 Å². The van der Waals surface area contributed by atoms with Crippen molar-refractivity contribution in [3.63, 3.8) is 0 Å². The average molecular weight is 396 g/mol. The first-order chi connectivity index (χ1) is 9.24. The lowest BCUT2D eigenvalue weighted by Gasteiger charge is -2.29. The van der Waals surface area contributed by atoms with Gasteiger partial charge in [0.15, 0.2) is 5.96 Å². The van der Waals surface area contributed by atoms with E-state index in [0.29, 0.717) is 5.96 Å². The monoisotopic (exact) mass is 396 g/mol. The lowest BCUT2D eigenvalue weighted by atomic mass is 9.86. The van der Waals surface area contributed by atoms with Gasteiger partial charge in [-0.15, -0.1) is 24.0 Å². The number of guanidine groups is 1. The minimum Gasteiger partial charge on any atom is -0.393 e. The second-order valence-electron chi connectivity index (χ2n) is 5.88. The predicted molar refractivity (Wildman–Crippen MR) is 93.5 cm³/mol. The first-order valence-corrected chi connectivity index (χ1v) is 7.68. The van der Waals surface area contributed by atoms with Gasteiger partial charge < -0.3 is 21.1 Å². The molecule has 0 spiro atoms. The van der Waals surface area contributed by atoms with Crippen LogP contribution >= 0.6 is 24.0 Å². The van der Waals surface area contributed by atoms with Crippen LogP contribution in [0.15, 0.2) is 4.99 Å². The van der Waals surface area contributed by atoms with Gasteiger partial charge in [0.25, 0.3) is 0 Å². The fraction of sp³-hybridized carbons (Fsp3) is 0.929. The maximum atomic E-state index is 9.43. The average Bonchev–Trinajstić information content (AvgIpc) is 2.35. The molecule has 0 atom stereocenters. The topological polar surface area (TPSA) is 73.9 Å². The Bertz CT molecular complexity index is 289. The molecule has 0 bridgehead atoms. The van der Waals surface area contributed by atoms with Crippen LogP contribution in [0.1, 0.15) is 38.5 Å². The number of likely N-dealkylation sites (tertiary alicyclic amines) is 1. The standard InChI is InChI=1S/C14H28N4O.HI/c15-14(17-11-12-3-1-4-12)16-7-2-8-18-9-5-13(19)6-10-18;/h12-13,19H,1-11H2,(H3,15,16,17);1H. The minimum absolute atomic E-state index is 0. The molecule has 118 valence electrons. The highest BCUT2D eigenvalue weighted by Gasteiger charge is 2.17. The largest absolute Gasteiger partial charge is 0.393 e. The van der Waals surface area contributed by atoms with Crippen LogP contribution in [0.25, 0.3) is 0 Å². The molecular formula is C14H29IN4O. The summed E-state index contributed by atoms with van der Waals surface area (Å²) in [5.41, 5.74) is 5.83. The van der Waals surface area contributed by atoms with E-state index in [1.165, 1.54) is 19.3 Å². The number of rotatable bonds is 6. The molecule has 2 fully saturated rings. The van der Waals surface area contributed by atoms with Gasteiger partial charge in [-0.25, -0.2) is 0 Å². The summed E-state index contributed by atoms with van der Waals surface area (Å²) >= 11 is 0. The maximum absolute atomic E-state index is 9.43. The van der Waals surface area contributed by atoms with Crippen molar-refractivity contribution in [1.29, 1.82) is 0 Å². The van der Waals surface area contributed by atoms with Crippen LogP contribution in [0.4, 0.5) is 0 Å². The van der Waals surface area contributed by atoms with Crippen LogP contribution in [0.2, 0.25) is 0 Å². The van der Waals surface area contributed by atoms with Gasteiger partial charge >= 0.3 is 0 Å². The minimum atomic E-state index is -0.0799. The molecule has 0 unspecified atom stereocenters. The number of nitrogens with one attached hydrogen (secondary N) is 1. The van der Waals surface area contributed by atoms with E-state index in [-0.39, 0.29) is 30.1 Å². The fourth-order valence-electron chi connectivity index (χ4n) is 2.62. The zero-order chi connectivity index (χ0) is 13.5. The third-order valence-corrected chi connectivity index (χ3v) is 4.26. The highest BCUT2D eigenvalue weighted by atomic mass is 127. The molecule has 0 aromatic carbocycles. The van der Waals surface area contributed by atoms with E-state index in [1.54, 1.807) is 0 Å². The molecule has 0 aromatic heterocycles. The number of hydrogen-bond donors (Lipinski definition) is 3. The van der Waals surface area contributed by atoms with Crippen molar-refractivity contribution in [3.8, 4) is 0 Å². The van der Waals surface area contributed by atoms with Crippen molar-refractivity contribution in [2.24, 2.45) is 16.6 Å². The summed E-state index contributed by atoms with van der Waals surface area (Å²) in [6.07, 6.45) is 6.82. The zero-order valence-electron chi connectivity index (χ0n) is 12.3. The molecular weight excluding hydrogens is 367 g/mol. The van der Waals surface area contributed by atoms with E-state index < -0.39 is 0 Å². The van der Waals surface area contributed by atoms with Gasteiger partial charge in [0.2, 0.25) is 0 Å². The Morgan fingerprint density at radius 1 is 1.25 bits per heavy atom. The normalized spacial score (nSPS) is 22.1. The Hall–Kier alpha value is -0.0800. The SMILES string of the molecule is I.NC(=NCC1CCC1)NCCCN1CCC(O)CC1. The van der Waals surface area contributed by atoms with Gasteiger partial charge in [0.05, 0.1) is 6.10 Å². The first-order valence-electron chi connectivity index (χ1n) is 7.68. The van der Waals surface area contributed by atoms with E-state index in [9.17, 15) is 5.11 Å². The number of hydrogen-bond acceptors (Lipinski definition) is 3. The summed E-state index contributed by atoms with van der Waals surface area (Å²) in [7, 11) is 0. The molecule has 6 heteroatoms. The van der Waals surface area contributed by atoms with E-state index in [2.05, 4.69) is 15.2 Å². The molecule has 1 saturated heterocycles. The van der Waals surface area contributed by atoms with E-state index in [4.69, 9.17) is 5.73 Å². The Labute approximate surface area is 139 Å². The summed E-state index contributed by atoms with van der Waals surface area (Å²) in [5.74, 6) is 1.38. The number of nitrogens with zero attached hydrogens (tertiary/aromatic N) is 2. The van der Waals surface area contributed by atoms with Gasteiger partial charge in [-0.2, -0.15) is 0 Å². The number of nitrogens with two attached hydrogens (primary N) is 1. The molecule has 1 saturated carbocycles. The van der Waals surface area contributed by atoms with E-state index in [1.807, 2.05) is 0 Å². The second kappa shape index (κ2) is 9.78. The molecule has 1 aliphatic heterocycles. The summed E-state index contributed by atoms with van der Waals surface area (Å²) in [6.45, 7) is 4.90. The van der Waals surface area contributed by atoms with Crippen LogP contribution in [-0.4, -0.2) is 54.8 Å². The molecule has 0 aromatic rings. The first kappa shape index (κ1) is 18.0. The predicted octanol–water partition coefficient (Wildman–Crippen LogP) is 1.16. The van der Waals surface area contributed by atoms with Crippen molar-refractivity contribution in [2.75, 3.05) is 32.7 Å². The Morgan fingerprint density at radius 3 is 2.55 bits per heavy atom. The van der Waals surface area contributed by atoms with Crippen molar-refractivity contribution in [1.82, 2.24) is 10.2 Å². The smallest absolute Gasteiger partial charge is 0.188 e. The van der Waals surface area contributed by atoms with Crippen LogP contribution in [0, 0.1) is 5.92 Å². The molecule has 2 rings (SSSR count). The van der Waals surface area contributed by atoms with Crippen molar-refractivity contribution >= 4 is 29.9 Å². The van der Waals surface area contributed by atoms with E-state index in [0.717, 1.165) is 57.9 Å². The molecule has 20 heavy (non-hydrogen) atoms. The number of aliphatic hydroxyl groups excluding tert-OH is 1. The molecule has 1 heterocycles. The number of halogens is 1. The highest BCUT2D eigenvalue weighted by molar-refractivity contribution is 14.0. The van der Waals surface area contributed by atoms with Crippen LogP contribution < -0.4 is 11.1 Å². The zero-order valence-corrected chi connectivity index (χ0v) is 14.6. The fourth-order valence-corrected chi connectivity index (χ4v) is 2.62. The third-order valence-electron chi connectivity index (χ3n) is 4.26. The second-order valence-corrected chi connectivity index (χ2v) is 5.88. The van der Waals surface area contributed by atoms with Crippen molar-refractivity contribution in [3.05, 3.63) is 0 Å². The Balaban J connectivity index is 0.00000200. The summed E-state index contributed by atoms with van der Waals surface area (Å²) in [5, 5.41) is 12.6. The highest BCUT2D eigenvalue weighted by Crippen LogP contribution is 2.26. The molecule has 1 aliphatic carbocycles. The molecule has 2 aliphatic rings. The summed E-state index contributed by atoms with van der Waals surface area (Å²) < 4.78 is 0. The molecule has 0 amide bonds. The number of aliphatic imine (C=N–C) groups is 1. The lowest BCUT2D eigenvalue weighted by Crippen LogP contribution is -2.38. The summed E-state index contributed by atoms with van der Waals surface area (Å²) in [6, 6.07) is 0. The maximum Gasteiger partial charge on any atom is 0.188 e. The van der Waals surface area contributed by atoms with Crippen LogP contribution in [0.3, 0.4) is 0 Å². The van der Waals surface area contributed by atoms with Gasteiger partial charge in [-0.05, 0) is 44.6 Å². The van der Waals surface area contributed by atoms with Crippen molar-refractivity contribution in [2.45, 2.75) is 44.6 Å². The number of piperidine rings is 1. The molecule has 5 nitrogen and oxygen atoms in total. The van der Waals surface area contributed by atoms with Crippen LogP contribution in [-0.2, 0) is 0 Å². The molecule has 0 radical (unpaired) electrons. The lowest BCUT2D eigenvalue weighted by molar-refractivity contribution is 0.0823. The number of aliphatic hydroxyl groups is 1. The summed E-state index contributed by atoms with van der Waals surface area (Å²) in [4.78, 5) is 6.79. The van der Waals surface area contributed by atoms with Gasteiger partial charge in [0, 0.05) is 26.2 Å². The quantitative estimate of drug-likeness (QED) is 0.273. The van der Waals surface area contributed by atoms with Gasteiger partial charge in [0.1, 0.15) is 0 Å².